The maximum absolute atomic E-state index is 10.9. The molecule has 2 aromatic rings. The van der Waals surface area contributed by atoms with Gasteiger partial charge in [-0.3, -0.25) is 4.79 Å². The van der Waals surface area contributed by atoms with Crippen LogP contribution < -0.4 is 10.5 Å². The second-order valence-corrected chi connectivity index (χ2v) is 2.94. The normalized spacial score (nSPS) is 10.4. The molecule has 0 bridgehead atoms. The van der Waals surface area contributed by atoms with Crippen molar-refractivity contribution in [1.29, 1.82) is 0 Å². The van der Waals surface area contributed by atoms with E-state index in [0.29, 0.717) is 11.4 Å². The fourth-order valence-corrected chi connectivity index (χ4v) is 1.33. The molecule has 0 fully saturated rings. The smallest absolute Gasteiger partial charge is 0.265 e. The fraction of sp³-hybridized carbons (Fsp3) is 0. The topological polar surface area (TPSA) is 68.1 Å². The zero-order valence-corrected chi connectivity index (χ0v) is 7.41. The van der Waals surface area contributed by atoms with E-state index in [2.05, 4.69) is 12.1 Å². The summed E-state index contributed by atoms with van der Waals surface area (Å²) < 4.78 is 4.81. The van der Waals surface area contributed by atoms with Crippen molar-refractivity contribution in [3.63, 3.8) is 0 Å². The molecule has 0 saturated heterocycles. The van der Waals surface area contributed by atoms with Crippen LogP contribution in [-0.2, 0) is 0 Å². The molecule has 1 radical (unpaired) electrons. The first-order valence-electron chi connectivity index (χ1n) is 4.05. The second kappa shape index (κ2) is 3.06. The molecule has 0 aliphatic rings. The number of H-pyrrole nitrogens is 1. The van der Waals surface area contributed by atoms with Gasteiger partial charge >= 0.3 is 0 Å². The van der Waals surface area contributed by atoms with Gasteiger partial charge in [0.15, 0.2) is 0 Å². The highest BCUT2D eigenvalue weighted by atomic mass is 16.5. The molecule has 4 nitrogen and oxygen atoms in total. The van der Waals surface area contributed by atoms with E-state index in [-0.39, 0.29) is 0 Å². The zero-order valence-electron chi connectivity index (χ0n) is 7.41. The molecule has 0 atom stereocenters. The van der Waals surface area contributed by atoms with Gasteiger partial charge in [-0.1, -0.05) is 0 Å². The van der Waals surface area contributed by atoms with Gasteiger partial charge < -0.3 is 15.5 Å². The summed E-state index contributed by atoms with van der Waals surface area (Å²) in [5, 5.41) is 0.875. The Balaban J connectivity index is 2.60. The minimum atomic E-state index is -0.474. The number of hydrogen-bond donors (Lipinski definition) is 2. The Labute approximate surface area is 80.7 Å². The number of aromatic nitrogens is 1. The Bertz CT molecular complexity index is 488. The van der Waals surface area contributed by atoms with Gasteiger partial charge in [0.2, 0.25) is 0 Å². The van der Waals surface area contributed by atoms with Gasteiger partial charge in [0.05, 0.1) is 0 Å². The summed E-state index contributed by atoms with van der Waals surface area (Å²) in [6, 6.07) is 7.03. The Morgan fingerprint density at radius 1 is 1.43 bits per heavy atom. The van der Waals surface area contributed by atoms with E-state index >= 15 is 0 Å². The lowest BCUT2D eigenvalue weighted by Gasteiger charge is -1.96. The lowest BCUT2D eigenvalue weighted by Crippen LogP contribution is -2.10. The number of hydrogen-bond acceptors (Lipinski definition) is 2. The van der Waals surface area contributed by atoms with Crippen LogP contribution in [0.1, 0.15) is 10.5 Å². The van der Waals surface area contributed by atoms with Crippen LogP contribution in [0.5, 0.6) is 5.75 Å². The van der Waals surface area contributed by atoms with E-state index < -0.39 is 5.91 Å². The SMILES string of the molecule is [CH2]Oc1ccc2[nH]c(C(N)=O)cc2c1. The van der Waals surface area contributed by atoms with E-state index in [4.69, 9.17) is 10.5 Å². The van der Waals surface area contributed by atoms with Crippen molar-refractivity contribution < 1.29 is 9.53 Å². The van der Waals surface area contributed by atoms with E-state index in [1.54, 1.807) is 18.2 Å². The van der Waals surface area contributed by atoms with Gasteiger partial charge in [0.25, 0.3) is 5.91 Å². The van der Waals surface area contributed by atoms with Crippen molar-refractivity contribution in [1.82, 2.24) is 4.98 Å². The molecule has 71 valence electrons. The molecule has 14 heavy (non-hydrogen) atoms. The van der Waals surface area contributed by atoms with Gasteiger partial charge in [-0.25, -0.2) is 0 Å². The first-order chi connectivity index (χ1) is 6.70. The maximum atomic E-state index is 10.9. The van der Waals surface area contributed by atoms with Crippen molar-refractivity contribution >= 4 is 16.8 Å². The monoisotopic (exact) mass is 189 g/mol. The molecular formula is C10H9N2O2. The number of nitrogens with two attached hydrogens (primary N) is 1. The maximum Gasteiger partial charge on any atom is 0.265 e. The van der Waals surface area contributed by atoms with Crippen LogP contribution >= 0.6 is 0 Å². The molecule has 0 aliphatic carbocycles. The zero-order chi connectivity index (χ0) is 10.1. The summed E-state index contributed by atoms with van der Waals surface area (Å²) in [5.41, 5.74) is 6.37. The second-order valence-electron chi connectivity index (χ2n) is 2.94. The van der Waals surface area contributed by atoms with Gasteiger partial charge in [0, 0.05) is 10.9 Å². The summed E-state index contributed by atoms with van der Waals surface area (Å²) in [7, 11) is 3.30. The number of rotatable bonds is 2. The molecule has 1 amide bonds. The average Bonchev–Trinajstić information content (AvgIpc) is 2.59. The van der Waals surface area contributed by atoms with Crippen LogP contribution in [0.3, 0.4) is 0 Å². The minimum absolute atomic E-state index is 0.390. The Hall–Kier alpha value is -1.97. The Morgan fingerprint density at radius 2 is 2.21 bits per heavy atom. The molecule has 0 spiro atoms. The summed E-state index contributed by atoms with van der Waals surface area (Å²) in [6.45, 7) is 0. The number of benzene rings is 1. The predicted octanol–water partition coefficient (Wildman–Crippen LogP) is 1.44. The van der Waals surface area contributed by atoms with Crippen LogP contribution in [0.15, 0.2) is 24.3 Å². The van der Waals surface area contributed by atoms with E-state index in [1.807, 2.05) is 6.07 Å². The highest BCUT2D eigenvalue weighted by Gasteiger charge is 2.05. The molecule has 3 N–H and O–H groups in total. The summed E-state index contributed by atoms with van der Waals surface area (Å²) >= 11 is 0. The van der Waals surface area contributed by atoms with Crippen LogP contribution in [-0.4, -0.2) is 10.9 Å². The molecular weight excluding hydrogens is 180 g/mol. The highest BCUT2D eigenvalue weighted by molar-refractivity contribution is 5.97. The molecule has 0 saturated carbocycles. The third-order valence-corrected chi connectivity index (χ3v) is 2.02. The van der Waals surface area contributed by atoms with Crippen LogP contribution in [0, 0.1) is 7.11 Å². The predicted molar refractivity (Wildman–Crippen MR) is 52.8 cm³/mol. The molecule has 1 aromatic heterocycles. The standard InChI is InChI=1S/C10H9N2O2/c1-14-7-2-3-8-6(4-7)5-9(12-8)10(11)13/h2-5,12H,1H2,(H2,11,13). The van der Waals surface area contributed by atoms with Crippen molar-refractivity contribution in [2.24, 2.45) is 5.73 Å². The third-order valence-electron chi connectivity index (χ3n) is 2.02. The average molecular weight is 189 g/mol. The first kappa shape index (κ1) is 8.62. The van der Waals surface area contributed by atoms with Gasteiger partial charge in [0.1, 0.15) is 18.6 Å². The molecule has 1 heterocycles. The van der Waals surface area contributed by atoms with Gasteiger partial charge in [-0.15, -0.1) is 0 Å². The van der Waals surface area contributed by atoms with Crippen molar-refractivity contribution in [3.8, 4) is 5.75 Å². The number of nitrogens with one attached hydrogen (secondary N) is 1. The van der Waals surface area contributed by atoms with Crippen molar-refractivity contribution in [3.05, 3.63) is 37.1 Å². The quantitative estimate of drug-likeness (QED) is 0.750. The molecule has 2 rings (SSSR count). The minimum Gasteiger partial charge on any atom is -0.490 e. The summed E-state index contributed by atoms with van der Waals surface area (Å²) in [4.78, 5) is 13.8. The third kappa shape index (κ3) is 1.31. The van der Waals surface area contributed by atoms with E-state index in [9.17, 15) is 4.79 Å². The molecule has 1 aromatic carbocycles. The Kier molecular flexibility index (Phi) is 1.89. The van der Waals surface area contributed by atoms with Gasteiger partial charge in [-0.2, -0.15) is 0 Å². The van der Waals surface area contributed by atoms with Crippen LogP contribution in [0.2, 0.25) is 0 Å². The number of aromatic amines is 1. The van der Waals surface area contributed by atoms with Crippen molar-refractivity contribution in [2.75, 3.05) is 0 Å². The van der Waals surface area contributed by atoms with E-state index in [1.165, 1.54) is 0 Å². The number of carbonyl (C=O) groups excluding carboxylic acids is 1. The number of fused-ring (bicyclic) bond motifs is 1. The summed E-state index contributed by atoms with van der Waals surface area (Å²) in [5.74, 6) is 0.172. The largest absolute Gasteiger partial charge is 0.490 e. The van der Waals surface area contributed by atoms with Crippen molar-refractivity contribution in [2.45, 2.75) is 0 Å². The Morgan fingerprint density at radius 3 is 2.86 bits per heavy atom. The number of primary amides is 1. The molecule has 0 unspecified atom stereocenters. The summed E-state index contributed by atoms with van der Waals surface area (Å²) in [6.07, 6.45) is 0. The van der Waals surface area contributed by atoms with Gasteiger partial charge in [-0.05, 0) is 24.3 Å². The lowest BCUT2D eigenvalue weighted by atomic mass is 10.2. The van der Waals surface area contributed by atoms with Crippen LogP contribution in [0.4, 0.5) is 0 Å². The first-order valence-corrected chi connectivity index (χ1v) is 4.05. The fourth-order valence-electron chi connectivity index (χ4n) is 1.33. The van der Waals surface area contributed by atoms with E-state index in [0.717, 1.165) is 10.9 Å². The number of ether oxygens (including phenoxy) is 1. The number of carbonyl (C=O) groups is 1. The molecule has 4 heteroatoms. The lowest BCUT2D eigenvalue weighted by molar-refractivity contribution is 0.0996. The van der Waals surface area contributed by atoms with Crippen LogP contribution in [0.25, 0.3) is 10.9 Å². The highest BCUT2D eigenvalue weighted by Crippen LogP contribution is 2.21. The molecule has 0 aliphatic heterocycles. The number of amides is 1.